The normalized spacial score (nSPS) is 11.6. The predicted octanol–water partition coefficient (Wildman–Crippen LogP) is 1.83. The summed E-state index contributed by atoms with van der Waals surface area (Å²) in [5.41, 5.74) is 0. The first-order valence-electron chi connectivity index (χ1n) is 6.21. The molecule has 5 nitrogen and oxygen atoms in total. The third-order valence-corrected chi connectivity index (χ3v) is 4.23. The minimum atomic E-state index is -1.03. The van der Waals surface area contributed by atoms with Crippen molar-refractivity contribution in [2.45, 2.75) is 45.9 Å². The van der Waals surface area contributed by atoms with Crippen molar-refractivity contribution in [3.8, 4) is 0 Å². The molecule has 0 saturated heterocycles. The van der Waals surface area contributed by atoms with Crippen LogP contribution in [0.5, 0.6) is 0 Å². The highest BCUT2D eigenvalue weighted by atomic mass is 28.3. The van der Waals surface area contributed by atoms with Crippen molar-refractivity contribution in [3.63, 3.8) is 0 Å². The highest BCUT2D eigenvalue weighted by Gasteiger charge is 2.12. The summed E-state index contributed by atoms with van der Waals surface area (Å²) in [6, 6.07) is 1.16. The summed E-state index contributed by atoms with van der Waals surface area (Å²) < 4.78 is 7.56. The molecule has 0 unspecified atom stereocenters. The van der Waals surface area contributed by atoms with Gasteiger partial charge in [0.2, 0.25) is 5.91 Å². The van der Waals surface area contributed by atoms with Gasteiger partial charge in [-0.05, 0) is 6.04 Å². The molecular weight excluding hydrogens is 246 g/mol. The van der Waals surface area contributed by atoms with Crippen LogP contribution in [0.3, 0.4) is 0 Å². The molecule has 0 spiro atoms. The molecule has 0 atom stereocenters. The van der Waals surface area contributed by atoms with E-state index >= 15 is 0 Å². The Labute approximate surface area is 110 Å². The maximum absolute atomic E-state index is 10.8. The van der Waals surface area contributed by atoms with E-state index in [9.17, 15) is 4.79 Å². The number of carbonyl (C=O) groups excluding carboxylic acids is 1. The van der Waals surface area contributed by atoms with Crippen LogP contribution in [0.4, 0.5) is 0 Å². The van der Waals surface area contributed by atoms with E-state index in [-0.39, 0.29) is 5.91 Å². The van der Waals surface area contributed by atoms with Crippen molar-refractivity contribution in [2.24, 2.45) is 0 Å². The molecule has 1 aromatic heterocycles. The lowest BCUT2D eigenvalue weighted by atomic mass is 10.5. The van der Waals surface area contributed by atoms with Crippen LogP contribution in [0.25, 0.3) is 0 Å². The first kappa shape index (κ1) is 14.9. The van der Waals surface area contributed by atoms with Crippen LogP contribution in [-0.4, -0.2) is 30.1 Å². The second-order valence-corrected chi connectivity index (χ2v) is 11.2. The average Bonchev–Trinajstić information content (AvgIpc) is 2.67. The molecule has 6 heteroatoms. The van der Waals surface area contributed by atoms with Crippen LogP contribution >= 0.6 is 0 Å². The van der Waals surface area contributed by atoms with Crippen molar-refractivity contribution in [1.82, 2.24) is 14.9 Å². The minimum absolute atomic E-state index is 0.0517. The van der Waals surface area contributed by atoms with Gasteiger partial charge in [-0.25, -0.2) is 4.98 Å². The average molecular weight is 269 g/mol. The summed E-state index contributed by atoms with van der Waals surface area (Å²) in [6.45, 7) is 10.2. The zero-order chi connectivity index (χ0) is 13.6. The number of amides is 1. The van der Waals surface area contributed by atoms with Crippen LogP contribution in [0.2, 0.25) is 25.7 Å². The van der Waals surface area contributed by atoms with Gasteiger partial charge in [0, 0.05) is 34.0 Å². The van der Waals surface area contributed by atoms with Crippen LogP contribution in [-0.2, 0) is 22.8 Å². The Balaban J connectivity index is 2.34. The predicted molar refractivity (Wildman–Crippen MR) is 73.9 cm³/mol. The number of aromatic nitrogens is 2. The second kappa shape index (κ2) is 6.70. The van der Waals surface area contributed by atoms with Crippen molar-refractivity contribution in [3.05, 3.63) is 18.2 Å². The smallest absolute Gasteiger partial charge is 0.217 e. The SMILES string of the molecule is CC(=O)NCc1nccn1COCC[Si](C)(C)C. The Bertz CT molecular complexity index is 385. The lowest BCUT2D eigenvalue weighted by molar-refractivity contribution is -0.119. The summed E-state index contributed by atoms with van der Waals surface area (Å²) in [7, 11) is -1.03. The molecule has 1 heterocycles. The maximum atomic E-state index is 10.8. The number of hydrogen-bond acceptors (Lipinski definition) is 3. The largest absolute Gasteiger partial charge is 0.361 e. The molecule has 0 aromatic carbocycles. The first-order valence-corrected chi connectivity index (χ1v) is 9.91. The van der Waals surface area contributed by atoms with E-state index < -0.39 is 8.07 Å². The molecule has 0 fully saturated rings. The number of hydrogen-bond donors (Lipinski definition) is 1. The fourth-order valence-electron chi connectivity index (χ4n) is 1.37. The number of imidazole rings is 1. The third-order valence-electron chi connectivity index (χ3n) is 2.52. The fraction of sp³-hybridized carbons (Fsp3) is 0.667. The Morgan fingerprint density at radius 1 is 1.50 bits per heavy atom. The van der Waals surface area contributed by atoms with E-state index in [0.29, 0.717) is 13.3 Å². The molecule has 0 aliphatic carbocycles. The van der Waals surface area contributed by atoms with Gasteiger partial charge in [-0.2, -0.15) is 0 Å². The Morgan fingerprint density at radius 3 is 2.83 bits per heavy atom. The number of nitrogens with zero attached hydrogens (tertiary/aromatic N) is 2. The topological polar surface area (TPSA) is 56.2 Å². The third kappa shape index (κ3) is 5.97. The van der Waals surface area contributed by atoms with E-state index in [1.807, 2.05) is 10.8 Å². The first-order chi connectivity index (χ1) is 8.38. The van der Waals surface area contributed by atoms with Crippen LogP contribution < -0.4 is 5.32 Å². The second-order valence-electron chi connectivity index (χ2n) is 5.57. The lowest BCUT2D eigenvalue weighted by Gasteiger charge is -2.16. The number of nitrogens with one attached hydrogen (secondary N) is 1. The zero-order valence-electron chi connectivity index (χ0n) is 11.7. The van der Waals surface area contributed by atoms with Crippen LogP contribution in [0.1, 0.15) is 12.7 Å². The van der Waals surface area contributed by atoms with Gasteiger partial charge < -0.3 is 14.6 Å². The van der Waals surface area contributed by atoms with Gasteiger partial charge in [0.15, 0.2) is 0 Å². The van der Waals surface area contributed by atoms with E-state index in [1.54, 1.807) is 6.20 Å². The fourth-order valence-corrected chi connectivity index (χ4v) is 2.13. The molecule has 0 saturated carbocycles. The Morgan fingerprint density at radius 2 is 2.22 bits per heavy atom. The van der Waals surface area contributed by atoms with E-state index in [2.05, 4.69) is 29.9 Å². The molecule has 0 radical (unpaired) electrons. The summed E-state index contributed by atoms with van der Waals surface area (Å²) in [4.78, 5) is 15.0. The van der Waals surface area contributed by atoms with E-state index in [4.69, 9.17) is 4.74 Å². The summed E-state index contributed by atoms with van der Waals surface area (Å²) >= 11 is 0. The van der Waals surface area contributed by atoms with E-state index in [1.165, 1.54) is 6.92 Å². The van der Waals surface area contributed by atoms with Crippen molar-refractivity contribution >= 4 is 14.0 Å². The molecule has 102 valence electrons. The van der Waals surface area contributed by atoms with Gasteiger partial charge in [0.25, 0.3) is 0 Å². The maximum Gasteiger partial charge on any atom is 0.217 e. The summed E-state index contributed by atoms with van der Waals surface area (Å²) in [5, 5.41) is 2.73. The van der Waals surface area contributed by atoms with Gasteiger partial charge in [0.1, 0.15) is 12.6 Å². The molecule has 1 amide bonds. The highest BCUT2D eigenvalue weighted by molar-refractivity contribution is 6.76. The van der Waals surface area contributed by atoms with Crippen molar-refractivity contribution in [2.75, 3.05) is 6.61 Å². The Kier molecular flexibility index (Phi) is 5.55. The number of ether oxygens (including phenoxy) is 1. The van der Waals surface area contributed by atoms with Gasteiger partial charge in [0.05, 0.1) is 6.54 Å². The molecular formula is C12H23N3O2Si. The zero-order valence-corrected chi connectivity index (χ0v) is 12.7. The molecule has 0 bridgehead atoms. The Hall–Kier alpha value is -1.14. The quantitative estimate of drug-likeness (QED) is 0.607. The molecule has 1 N–H and O–H groups in total. The molecule has 0 aliphatic rings. The lowest BCUT2D eigenvalue weighted by Crippen LogP contribution is -2.23. The number of carbonyl (C=O) groups is 1. The van der Waals surface area contributed by atoms with Gasteiger partial charge in [-0.1, -0.05) is 19.6 Å². The van der Waals surface area contributed by atoms with Gasteiger partial charge >= 0.3 is 0 Å². The highest BCUT2D eigenvalue weighted by Crippen LogP contribution is 2.08. The van der Waals surface area contributed by atoms with Gasteiger partial charge in [-0.15, -0.1) is 0 Å². The molecule has 18 heavy (non-hydrogen) atoms. The monoisotopic (exact) mass is 269 g/mol. The van der Waals surface area contributed by atoms with Crippen LogP contribution in [0, 0.1) is 0 Å². The molecule has 1 aromatic rings. The molecule has 0 aliphatic heterocycles. The minimum Gasteiger partial charge on any atom is -0.361 e. The molecule has 1 rings (SSSR count). The standard InChI is InChI=1S/C12H23N3O2Si/c1-11(16)14-9-12-13-5-6-15(12)10-17-7-8-18(2,3)4/h5-6H,7-10H2,1-4H3,(H,14,16). The summed E-state index contributed by atoms with van der Waals surface area (Å²) in [6.07, 6.45) is 3.59. The van der Waals surface area contributed by atoms with Crippen molar-refractivity contribution < 1.29 is 9.53 Å². The van der Waals surface area contributed by atoms with Crippen molar-refractivity contribution in [1.29, 1.82) is 0 Å². The number of rotatable bonds is 7. The van der Waals surface area contributed by atoms with Crippen LogP contribution in [0.15, 0.2) is 12.4 Å². The summed E-state index contributed by atoms with van der Waals surface area (Å²) in [5.74, 6) is 0.766. The van der Waals surface area contributed by atoms with E-state index in [0.717, 1.165) is 18.5 Å². The van der Waals surface area contributed by atoms with Gasteiger partial charge in [-0.3, -0.25) is 4.79 Å².